The molecule has 4 fully saturated rings. The highest BCUT2D eigenvalue weighted by Crippen LogP contribution is 2.29. The number of nitrogens with zero attached hydrogens (tertiary/aromatic N) is 4. The second-order valence-electron chi connectivity index (χ2n) is 13.0. The van der Waals surface area contributed by atoms with Gasteiger partial charge in [0, 0.05) is 51.4 Å². The molecule has 4 heteroatoms. The SMILES string of the molecule is CCCC[N+]1(C[N+]2(CCCC)CCCC2)CCCC1.C[N+]1(C[N+]2(C)CCCC2)CCCC1. The van der Waals surface area contributed by atoms with Crippen molar-refractivity contribution in [3.05, 3.63) is 0 Å². The van der Waals surface area contributed by atoms with Crippen molar-refractivity contribution >= 4 is 0 Å². The first-order valence-electron chi connectivity index (χ1n) is 14.7. The lowest BCUT2D eigenvalue weighted by Crippen LogP contribution is -2.61. The molecule has 4 aliphatic rings. The number of hydrogen-bond acceptors (Lipinski definition) is 0. The van der Waals surface area contributed by atoms with Gasteiger partial charge in [0.15, 0.2) is 0 Å². The van der Waals surface area contributed by atoms with E-state index in [2.05, 4.69) is 27.9 Å². The monoisotopic (exact) mass is 452 g/mol. The number of unbranched alkanes of at least 4 members (excludes halogenated alkanes) is 2. The van der Waals surface area contributed by atoms with Crippen molar-refractivity contribution < 1.29 is 17.9 Å². The van der Waals surface area contributed by atoms with E-state index in [4.69, 9.17) is 0 Å². The Labute approximate surface area is 201 Å². The quantitative estimate of drug-likeness (QED) is 0.400. The van der Waals surface area contributed by atoms with Crippen LogP contribution in [-0.4, -0.2) is 111 Å². The van der Waals surface area contributed by atoms with Gasteiger partial charge < -0.3 is 0 Å². The molecule has 0 amide bonds. The van der Waals surface area contributed by atoms with Crippen molar-refractivity contribution in [3.8, 4) is 0 Å². The molecule has 32 heavy (non-hydrogen) atoms. The summed E-state index contributed by atoms with van der Waals surface area (Å²) in [5.41, 5.74) is 0. The minimum absolute atomic E-state index is 1.34. The highest BCUT2D eigenvalue weighted by Gasteiger charge is 2.43. The first-order chi connectivity index (χ1) is 15.4. The minimum atomic E-state index is 1.34. The summed E-state index contributed by atoms with van der Waals surface area (Å²) in [6.07, 6.45) is 17.4. The Hall–Kier alpha value is -0.160. The van der Waals surface area contributed by atoms with Crippen molar-refractivity contribution in [2.24, 2.45) is 0 Å². The number of quaternary nitrogens is 4. The summed E-state index contributed by atoms with van der Waals surface area (Å²) < 4.78 is 5.63. The summed E-state index contributed by atoms with van der Waals surface area (Å²) in [5.74, 6) is 0. The van der Waals surface area contributed by atoms with Gasteiger partial charge in [-0.15, -0.1) is 0 Å². The minimum Gasteiger partial charge on any atom is -0.280 e. The zero-order chi connectivity index (χ0) is 23.0. The molecule has 4 heterocycles. The standard InChI is InChI=1S/C17H36N2.C11H24N2/c1-3-5-11-18(13-7-8-14-18)17-19(12-6-4-2)15-9-10-16-19;1-12(7-3-4-8-12)11-13(2)9-5-6-10-13/h3-17H2,1-2H3;3-11H2,1-2H3/q2*+2. The third-order valence-corrected chi connectivity index (χ3v) is 9.58. The van der Waals surface area contributed by atoms with Crippen LogP contribution in [0.2, 0.25) is 0 Å². The lowest BCUT2D eigenvalue weighted by molar-refractivity contribution is -1.09. The molecule has 0 saturated carbocycles. The Morgan fingerprint density at radius 2 is 0.750 bits per heavy atom. The molecule has 0 aromatic heterocycles. The van der Waals surface area contributed by atoms with Crippen molar-refractivity contribution in [1.82, 2.24) is 0 Å². The molecule has 0 spiro atoms. The maximum Gasteiger partial charge on any atom is 0.207 e. The number of hydrogen-bond donors (Lipinski definition) is 0. The number of likely N-dealkylation sites (tertiary alicyclic amines) is 4. The summed E-state index contributed by atoms with van der Waals surface area (Å²) in [6, 6.07) is 0. The lowest BCUT2D eigenvalue weighted by atomic mass is 10.2. The van der Waals surface area contributed by atoms with E-state index in [1.165, 1.54) is 174 Å². The van der Waals surface area contributed by atoms with Crippen LogP contribution >= 0.6 is 0 Å². The Morgan fingerprint density at radius 1 is 0.438 bits per heavy atom. The normalized spacial score (nSPS) is 27.4. The highest BCUT2D eigenvalue weighted by atomic mass is 15.5. The van der Waals surface area contributed by atoms with Gasteiger partial charge in [0.2, 0.25) is 13.3 Å². The second-order valence-corrected chi connectivity index (χ2v) is 13.0. The smallest absolute Gasteiger partial charge is 0.207 e. The molecular weight excluding hydrogens is 392 g/mol. The topological polar surface area (TPSA) is 0 Å². The van der Waals surface area contributed by atoms with Gasteiger partial charge in [0.05, 0.1) is 79.5 Å². The predicted octanol–water partition coefficient (Wildman–Crippen LogP) is 5.19. The van der Waals surface area contributed by atoms with Gasteiger partial charge in [-0.3, -0.25) is 17.9 Å². The Bertz CT molecular complexity index is 476. The Kier molecular flexibility index (Phi) is 9.92. The van der Waals surface area contributed by atoms with Crippen LogP contribution in [0.25, 0.3) is 0 Å². The molecule has 0 aromatic carbocycles. The lowest BCUT2D eigenvalue weighted by Gasteiger charge is -2.43. The molecule has 4 nitrogen and oxygen atoms in total. The van der Waals surface area contributed by atoms with Gasteiger partial charge in [-0.25, -0.2) is 0 Å². The van der Waals surface area contributed by atoms with Crippen molar-refractivity contribution in [3.63, 3.8) is 0 Å². The van der Waals surface area contributed by atoms with Crippen LogP contribution < -0.4 is 0 Å². The molecule has 0 bridgehead atoms. The average molecular weight is 453 g/mol. The summed E-state index contributed by atoms with van der Waals surface area (Å²) in [5, 5.41) is 0. The second kappa shape index (κ2) is 12.0. The third kappa shape index (κ3) is 7.42. The van der Waals surface area contributed by atoms with Crippen LogP contribution in [0.1, 0.15) is 90.9 Å². The van der Waals surface area contributed by atoms with Crippen LogP contribution in [0.3, 0.4) is 0 Å². The van der Waals surface area contributed by atoms with E-state index >= 15 is 0 Å². The molecule has 0 unspecified atom stereocenters. The third-order valence-electron chi connectivity index (χ3n) is 9.58. The molecule has 4 aliphatic heterocycles. The van der Waals surface area contributed by atoms with Crippen molar-refractivity contribution in [2.75, 3.05) is 92.9 Å². The fourth-order valence-electron chi connectivity index (χ4n) is 7.81. The molecule has 4 rings (SSSR count). The largest absolute Gasteiger partial charge is 0.280 e. The summed E-state index contributed by atoms with van der Waals surface area (Å²) in [7, 11) is 4.91. The van der Waals surface area contributed by atoms with Gasteiger partial charge >= 0.3 is 0 Å². The van der Waals surface area contributed by atoms with Gasteiger partial charge in [-0.05, 0) is 12.8 Å². The summed E-state index contributed by atoms with van der Waals surface area (Å²) >= 11 is 0. The zero-order valence-electron chi connectivity index (χ0n) is 22.8. The molecule has 0 aromatic rings. The summed E-state index contributed by atoms with van der Waals surface area (Å²) in [6.45, 7) is 22.1. The Balaban J connectivity index is 0.000000193. The molecule has 4 saturated heterocycles. The molecule has 0 radical (unpaired) electrons. The molecule has 0 atom stereocenters. The molecular formula is C28H60N4+4. The predicted molar refractivity (Wildman–Crippen MR) is 138 cm³/mol. The Morgan fingerprint density at radius 3 is 1.06 bits per heavy atom. The summed E-state index contributed by atoms with van der Waals surface area (Å²) in [4.78, 5) is 0. The molecule has 0 N–H and O–H groups in total. The average Bonchev–Trinajstić information content (AvgIpc) is 3.56. The van der Waals surface area contributed by atoms with Crippen LogP contribution in [0, 0.1) is 0 Å². The molecule has 188 valence electrons. The van der Waals surface area contributed by atoms with Crippen LogP contribution in [0.5, 0.6) is 0 Å². The van der Waals surface area contributed by atoms with E-state index < -0.39 is 0 Å². The zero-order valence-corrected chi connectivity index (χ0v) is 22.8. The number of rotatable bonds is 10. The van der Waals surface area contributed by atoms with Gasteiger partial charge in [-0.2, -0.15) is 0 Å². The van der Waals surface area contributed by atoms with E-state index in [1.807, 2.05) is 0 Å². The molecule has 0 aliphatic carbocycles. The van der Waals surface area contributed by atoms with E-state index in [0.29, 0.717) is 0 Å². The fraction of sp³-hybridized carbons (Fsp3) is 1.00. The van der Waals surface area contributed by atoms with Gasteiger partial charge in [0.1, 0.15) is 0 Å². The first-order valence-corrected chi connectivity index (χ1v) is 14.7. The van der Waals surface area contributed by atoms with E-state index in [0.717, 1.165) is 0 Å². The van der Waals surface area contributed by atoms with Crippen molar-refractivity contribution in [1.29, 1.82) is 0 Å². The fourth-order valence-corrected chi connectivity index (χ4v) is 7.81. The highest BCUT2D eigenvalue weighted by molar-refractivity contribution is 4.58. The maximum atomic E-state index is 2.45. The van der Waals surface area contributed by atoms with E-state index in [9.17, 15) is 0 Å². The van der Waals surface area contributed by atoms with Crippen molar-refractivity contribution in [2.45, 2.75) is 90.9 Å². The first kappa shape index (κ1) is 26.4. The van der Waals surface area contributed by atoms with E-state index in [1.54, 1.807) is 0 Å². The van der Waals surface area contributed by atoms with Crippen LogP contribution in [0.15, 0.2) is 0 Å². The van der Waals surface area contributed by atoms with Gasteiger partial charge in [-0.1, -0.05) is 26.7 Å². The van der Waals surface area contributed by atoms with E-state index in [-0.39, 0.29) is 0 Å². The van der Waals surface area contributed by atoms with Gasteiger partial charge in [0.25, 0.3) is 0 Å². The van der Waals surface area contributed by atoms with Crippen LogP contribution in [0.4, 0.5) is 0 Å². The maximum absolute atomic E-state index is 2.45. The van der Waals surface area contributed by atoms with Crippen LogP contribution in [-0.2, 0) is 0 Å².